The van der Waals surface area contributed by atoms with Gasteiger partial charge in [-0.1, -0.05) is 66.7 Å². The lowest BCUT2D eigenvalue weighted by Gasteiger charge is -2.01. The van der Waals surface area contributed by atoms with Gasteiger partial charge in [0.1, 0.15) is 0 Å². The van der Waals surface area contributed by atoms with Gasteiger partial charge in [-0.25, -0.2) is 4.57 Å². The van der Waals surface area contributed by atoms with E-state index in [1.807, 2.05) is 91.0 Å². The number of nitrogens with zero attached hydrogens (tertiary/aromatic N) is 3. The average molecular weight is 504 g/mol. The molecule has 9 rings (SSSR count). The Morgan fingerprint density at radius 2 is 0.821 bits per heavy atom. The van der Waals surface area contributed by atoms with E-state index in [1.165, 1.54) is 4.57 Å². The number of hydrogen-bond acceptors (Lipinski definition) is 3. The van der Waals surface area contributed by atoms with E-state index in [-0.39, 0.29) is 16.7 Å². The lowest BCUT2D eigenvalue weighted by Crippen LogP contribution is -2.23. The highest BCUT2D eigenvalue weighted by atomic mass is 16.2. The van der Waals surface area contributed by atoms with Crippen molar-refractivity contribution in [3.05, 3.63) is 134 Å². The fraction of sp³-hybridized carbons (Fsp3) is 0. The van der Waals surface area contributed by atoms with E-state index < -0.39 is 0 Å². The van der Waals surface area contributed by atoms with Crippen LogP contribution in [0, 0.1) is 0 Å². The Balaban J connectivity index is 1.79. The zero-order valence-electron chi connectivity index (χ0n) is 20.4. The van der Waals surface area contributed by atoms with Gasteiger partial charge < -0.3 is 4.40 Å². The molecule has 0 spiro atoms. The van der Waals surface area contributed by atoms with Crippen molar-refractivity contribution in [1.29, 1.82) is 0 Å². The number of fused-ring (bicyclic) bond motifs is 11. The minimum absolute atomic E-state index is 0.164. The Morgan fingerprint density at radius 1 is 0.385 bits per heavy atom. The molecule has 5 aromatic carbocycles. The average Bonchev–Trinajstić information content (AvgIpc) is 3.55. The summed E-state index contributed by atoms with van der Waals surface area (Å²) < 4.78 is 5.09. The van der Waals surface area contributed by atoms with E-state index in [0.29, 0.717) is 43.7 Å². The smallest absolute Gasteiger partial charge is 0.266 e. The monoisotopic (exact) mass is 503 g/mol. The highest BCUT2D eigenvalue weighted by Crippen LogP contribution is 2.43. The Labute approximate surface area is 218 Å². The fourth-order valence-corrected chi connectivity index (χ4v) is 6.67. The van der Waals surface area contributed by atoms with E-state index in [4.69, 9.17) is 0 Å². The normalized spacial score (nSPS) is 12.4. The SMILES string of the molecule is O=c1c2c(c(=O)n1-c1ccccc1)c1c3ccccc3n3c4ccccc4c(=O)n4c5ccccc5c2c4c13. The molecule has 0 N–H and O–H groups in total. The van der Waals surface area contributed by atoms with Crippen LogP contribution in [0.1, 0.15) is 0 Å². The zero-order valence-corrected chi connectivity index (χ0v) is 20.4. The number of hydrogen-bond donors (Lipinski definition) is 0. The maximum Gasteiger partial charge on any atom is 0.266 e. The third kappa shape index (κ3) is 2.27. The number of aromatic nitrogens is 3. The maximum absolute atomic E-state index is 14.3. The standard InChI is InChI=1S/C33H17N3O3/c37-31-21-14-6-9-17-24(21)35-22-15-7-4-12-19(22)25-27-28(33(39)34(32(27)38)18-10-2-1-3-11-18)26-20-13-5-8-16-23(20)36(31)30(26)29(25)35/h1-17H. The van der Waals surface area contributed by atoms with Gasteiger partial charge in [0, 0.05) is 21.5 Å². The first-order valence-electron chi connectivity index (χ1n) is 12.8. The van der Waals surface area contributed by atoms with Crippen LogP contribution in [0.15, 0.2) is 118 Å². The molecule has 0 radical (unpaired) electrons. The summed E-state index contributed by atoms with van der Waals surface area (Å²) in [7, 11) is 0. The van der Waals surface area contributed by atoms with Crippen LogP contribution in [0.4, 0.5) is 0 Å². The molecule has 4 aromatic heterocycles. The molecule has 0 aliphatic rings. The summed E-state index contributed by atoms with van der Waals surface area (Å²) in [6, 6.07) is 32.1. The van der Waals surface area contributed by atoms with Gasteiger partial charge in [0.2, 0.25) is 0 Å². The lowest BCUT2D eigenvalue weighted by atomic mass is 10.0. The first-order valence-corrected chi connectivity index (χ1v) is 12.8. The van der Waals surface area contributed by atoms with Crippen LogP contribution in [0.2, 0.25) is 0 Å². The van der Waals surface area contributed by atoms with Crippen molar-refractivity contribution in [2.45, 2.75) is 0 Å². The van der Waals surface area contributed by atoms with E-state index in [9.17, 15) is 14.4 Å². The largest absolute Gasteiger partial charge is 0.306 e. The lowest BCUT2D eigenvalue weighted by molar-refractivity contribution is 0.992. The van der Waals surface area contributed by atoms with Gasteiger partial charge in [-0.15, -0.1) is 0 Å². The molecule has 0 amide bonds. The molecule has 0 atom stereocenters. The highest BCUT2D eigenvalue weighted by Gasteiger charge is 2.29. The van der Waals surface area contributed by atoms with Crippen molar-refractivity contribution in [2.24, 2.45) is 0 Å². The Bertz CT molecular complexity index is 2660. The van der Waals surface area contributed by atoms with Crippen LogP contribution in [0.3, 0.4) is 0 Å². The summed E-state index contributed by atoms with van der Waals surface area (Å²) in [6.07, 6.45) is 0. The summed E-state index contributed by atoms with van der Waals surface area (Å²) in [4.78, 5) is 42.9. The molecule has 0 unspecified atom stereocenters. The minimum Gasteiger partial charge on any atom is -0.306 e. The topological polar surface area (TPSA) is 65.0 Å². The summed E-state index contributed by atoms with van der Waals surface area (Å²) in [5.74, 6) is 0. The van der Waals surface area contributed by atoms with Gasteiger partial charge in [0.05, 0.1) is 49.4 Å². The van der Waals surface area contributed by atoms with Crippen LogP contribution in [0.5, 0.6) is 0 Å². The van der Waals surface area contributed by atoms with Crippen LogP contribution in [-0.4, -0.2) is 13.4 Å². The summed E-state index contributed by atoms with van der Waals surface area (Å²) in [5.41, 5.74) is 3.37. The number of benzene rings is 5. The molecule has 0 saturated heterocycles. The number of rotatable bonds is 1. The fourth-order valence-electron chi connectivity index (χ4n) is 6.67. The molecule has 4 heterocycles. The van der Waals surface area contributed by atoms with Crippen molar-refractivity contribution >= 4 is 65.3 Å². The third-order valence-electron chi connectivity index (χ3n) is 8.15. The second-order valence-corrected chi connectivity index (χ2v) is 10.0. The van der Waals surface area contributed by atoms with Crippen molar-refractivity contribution in [2.75, 3.05) is 0 Å². The molecule has 182 valence electrons. The van der Waals surface area contributed by atoms with Crippen molar-refractivity contribution < 1.29 is 0 Å². The van der Waals surface area contributed by atoms with Gasteiger partial charge in [0.15, 0.2) is 0 Å². The second kappa shape index (κ2) is 6.88. The molecule has 6 heteroatoms. The van der Waals surface area contributed by atoms with E-state index in [2.05, 4.69) is 4.40 Å². The summed E-state index contributed by atoms with van der Waals surface area (Å²) in [5, 5.41) is 4.25. The molecule has 0 fully saturated rings. The predicted octanol–water partition coefficient (Wildman–Crippen LogP) is 5.70. The van der Waals surface area contributed by atoms with Crippen LogP contribution < -0.4 is 16.7 Å². The highest BCUT2D eigenvalue weighted by molar-refractivity contribution is 6.36. The first kappa shape index (κ1) is 20.6. The summed E-state index contributed by atoms with van der Waals surface area (Å²) in [6.45, 7) is 0. The first-order chi connectivity index (χ1) is 19.2. The molecule has 0 aliphatic carbocycles. The van der Waals surface area contributed by atoms with E-state index in [0.717, 1.165) is 27.3 Å². The van der Waals surface area contributed by atoms with Crippen molar-refractivity contribution in [3.63, 3.8) is 0 Å². The Kier molecular flexibility index (Phi) is 3.62. The van der Waals surface area contributed by atoms with Crippen molar-refractivity contribution in [1.82, 2.24) is 13.4 Å². The molecule has 0 aliphatic heterocycles. The maximum atomic E-state index is 14.3. The van der Waals surface area contributed by atoms with Gasteiger partial charge in [-0.3, -0.25) is 18.8 Å². The molecular weight excluding hydrogens is 486 g/mol. The number of para-hydroxylation sites is 4. The van der Waals surface area contributed by atoms with Gasteiger partial charge >= 0.3 is 0 Å². The van der Waals surface area contributed by atoms with E-state index >= 15 is 0 Å². The molecule has 6 nitrogen and oxygen atoms in total. The van der Waals surface area contributed by atoms with E-state index in [1.54, 1.807) is 16.5 Å². The summed E-state index contributed by atoms with van der Waals surface area (Å²) >= 11 is 0. The molecule has 9 aromatic rings. The molecule has 0 bridgehead atoms. The predicted molar refractivity (Wildman–Crippen MR) is 156 cm³/mol. The van der Waals surface area contributed by atoms with Gasteiger partial charge in [0.25, 0.3) is 16.7 Å². The second-order valence-electron chi connectivity index (χ2n) is 10.0. The van der Waals surface area contributed by atoms with Crippen molar-refractivity contribution in [3.8, 4) is 5.69 Å². The minimum atomic E-state index is -0.378. The van der Waals surface area contributed by atoms with Crippen LogP contribution in [0.25, 0.3) is 71.0 Å². The molecule has 0 saturated carbocycles. The Hall–Kier alpha value is -5.49. The molecular formula is C33H17N3O3. The van der Waals surface area contributed by atoms with Crippen LogP contribution in [-0.2, 0) is 0 Å². The van der Waals surface area contributed by atoms with Crippen LogP contribution >= 0.6 is 0 Å². The Morgan fingerprint density at radius 3 is 1.41 bits per heavy atom. The quantitative estimate of drug-likeness (QED) is 0.289. The van der Waals surface area contributed by atoms with Gasteiger partial charge in [-0.2, -0.15) is 0 Å². The van der Waals surface area contributed by atoms with Gasteiger partial charge in [-0.05, 0) is 36.4 Å². The molecule has 39 heavy (non-hydrogen) atoms. The third-order valence-corrected chi connectivity index (χ3v) is 8.15. The zero-order chi connectivity index (χ0) is 26.0.